The van der Waals surface area contributed by atoms with E-state index in [4.69, 9.17) is 4.74 Å². The molecule has 0 N–H and O–H groups in total. The van der Waals surface area contributed by atoms with Crippen LogP contribution < -0.4 is 4.74 Å². The fourth-order valence-electron chi connectivity index (χ4n) is 2.48. The largest absolute Gasteiger partial charge is 0.496 e. The average Bonchev–Trinajstić information content (AvgIpc) is 2.61. The fourth-order valence-corrected chi connectivity index (χ4v) is 2.48. The lowest BCUT2D eigenvalue weighted by Gasteiger charge is -2.16. The van der Waals surface area contributed by atoms with Crippen LogP contribution in [0.4, 0.5) is 17.6 Å². The molecule has 0 aliphatic carbocycles. The van der Waals surface area contributed by atoms with Crippen LogP contribution in [0.1, 0.15) is 55.1 Å². The molecule has 0 aliphatic heterocycles. The minimum Gasteiger partial charge on any atom is -0.496 e. The zero-order valence-electron chi connectivity index (χ0n) is 15.4. The number of ether oxygens (including phenoxy) is 1. The molecule has 0 unspecified atom stereocenters. The highest BCUT2D eigenvalue weighted by Gasteiger charge is 2.31. The number of methoxy groups -OCH3 is 1. The molecule has 0 atom stereocenters. The highest BCUT2D eigenvalue weighted by Crippen LogP contribution is 2.38. The Labute approximate surface area is 150 Å². The summed E-state index contributed by atoms with van der Waals surface area (Å²) in [4.78, 5) is 11.3. The normalized spacial score (nSPS) is 11.0. The molecule has 0 spiro atoms. The van der Waals surface area contributed by atoms with Crippen molar-refractivity contribution in [3.05, 3.63) is 52.8 Å². The van der Waals surface area contributed by atoms with Crippen LogP contribution in [0.3, 0.4) is 0 Å². The van der Waals surface area contributed by atoms with Gasteiger partial charge >= 0.3 is 6.18 Å². The Bertz CT molecular complexity index is 765. The SMILES string of the molecule is CC.COc1cc(F)c(C(C)C)cc1-c1ccc(C(F)(F)F)cc1C=O. The molecule has 26 heavy (non-hydrogen) atoms. The Hall–Kier alpha value is -2.37. The Morgan fingerprint density at radius 1 is 1.04 bits per heavy atom. The van der Waals surface area contributed by atoms with Crippen molar-refractivity contribution in [3.8, 4) is 16.9 Å². The van der Waals surface area contributed by atoms with Crippen LogP contribution in [-0.4, -0.2) is 13.4 Å². The maximum absolute atomic E-state index is 14.1. The van der Waals surface area contributed by atoms with E-state index in [1.54, 1.807) is 13.8 Å². The summed E-state index contributed by atoms with van der Waals surface area (Å²) in [5, 5.41) is 0. The smallest absolute Gasteiger partial charge is 0.416 e. The van der Waals surface area contributed by atoms with Crippen molar-refractivity contribution >= 4 is 6.29 Å². The van der Waals surface area contributed by atoms with E-state index in [1.807, 2.05) is 13.8 Å². The molecule has 0 aromatic heterocycles. The molecule has 6 heteroatoms. The Balaban J connectivity index is 0.00000163. The standard InChI is InChI=1S/C18H16F4O2.C2H6/c1-10(2)14-7-15(17(24-3)8-16(14)19)13-5-4-12(18(20,21)22)6-11(13)9-23;1-2/h4-10H,1-3H3;1-2H3. The maximum Gasteiger partial charge on any atom is 0.416 e. The fraction of sp³-hybridized carbons (Fsp3) is 0.350. The molecule has 0 heterocycles. The number of alkyl halides is 3. The first-order valence-corrected chi connectivity index (χ1v) is 8.23. The van der Waals surface area contributed by atoms with Crippen molar-refractivity contribution in [2.24, 2.45) is 0 Å². The van der Waals surface area contributed by atoms with E-state index in [0.717, 1.165) is 12.1 Å². The van der Waals surface area contributed by atoms with Crippen LogP contribution in [0.5, 0.6) is 5.75 Å². The van der Waals surface area contributed by atoms with E-state index < -0.39 is 17.6 Å². The second-order valence-corrected chi connectivity index (χ2v) is 5.65. The highest BCUT2D eigenvalue weighted by atomic mass is 19.4. The highest BCUT2D eigenvalue weighted by molar-refractivity contribution is 5.90. The van der Waals surface area contributed by atoms with Gasteiger partial charge in [0.15, 0.2) is 6.29 Å². The monoisotopic (exact) mass is 370 g/mol. The van der Waals surface area contributed by atoms with Crippen molar-refractivity contribution in [1.29, 1.82) is 0 Å². The van der Waals surface area contributed by atoms with Gasteiger partial charge in [-0.1, -0.05) is 33.8 Å². The van der Waals surface area contributed by atoms with Crippen molar-refractivity contribution in [3.63, 3.8) is 0 Å². The number of rotatable bonds is 4. The lowest BCUT2D eigenvalue weighted by Crippen LogP contribution is -2.06. The van der Waals surface area contributed by atoms with E-state index >= 15 is 0 Å². The van der Waals surface area contributed by atoms with E-state index in [2.05, 4.69) is 0 Å². The second kappa shape index (κ2) is 8.83. The van der Waals surface area contributed by atoms with Crippen LogP contribution in [-0.2, 0) is 6.18 Å². The minimum absolute atomic E-state index is 0.135. The van der Waals surface area contributed by atoms with Crippen LogP contribution in [0.25, 0.3) is 11.1 Å². The molecule has 0 radical (unpaired) electrons. The summed E-state index contributed by atoms with van der Waals surface area (Å²) in [5.74, 6) is -0.450. The summed E-state index contributed by atoms with van der Waals surface area (Å²) in [6, 6.07) is 5.55. The molecule has 0 aliphatic rings. The van der Waals surface area contributed by atoms with Gasteiger partial charge in [-0.25, -0.2) is 4.39 Å². The van der Waals surface area contributed by atoms with Crippen molar-refractivity contribution in [1.82, 2.24) is 0 Å². The Morgan fingerprint density at radius 2 is 1.65 bits per heavy atom. The van der Waals surface area contributed by atoms with Crippen molar-refractivity contribution in [2.75, 3.05) is 7.11 Å². The van der Waals surface area contributed by atoms with Gasteiger partial charge in [-0.3, -0.25) is 4.79 Å². The summed E-state index contributed by atoms with van der Waals surface area (Å²) in [7, 11) is 1.33. The predicted octanol–water partition coefficient (Wildman–Crippen LogP) is 6.48. The lowest BCUT2D eigenvalue weighted by molar-refractivity contribution is -0.137. The van der Waals surface area contributed by atoms with Gasteiger partial charge in [-0.2, -0.15) is 13.2 Å². The van der Waals surface area contributed by atoms with Gasteiger partial charge in [0.1, 0.15) is 11.6 Å². The summed E-state index contributed by atoms with van der Waals surface area (Å²) in [6.45, 7) is 7.59. The summed E-state index contributed by atoms with van der Waals surface area (Å²) >= 11 is 0. The number of hydrogen-bond donors (Lipinski definition) is 0. The lowest BCUT2D eigenvalue weighted by atomic mass is 9.92. The van der Waals surface area contributed by atoms with Crippen LogP contribution in [0.2, 0.25) is 0 Å². The average molecular weight is 370 g/mol. The predicted molar refractivity (Wildman–Crippen MR) is 94.2 cm³/mol. The zero-order valence-corrected chi connectivity index (χ0v) is 15.4. The van der Waals surface area contributed by atoms with Crippen LogP contribution >= 0.6 is 0 Å². The van der Waals surface area contributed by atoms with Gasteiger partial charge in [-0.05, 0) is 35.2 Å². The number of carbonyl (C=O) groups excluding carboxylic acids is 1. The van der Waals surface area contributed by atoms with Gasteiger partial charge < -0.3 is 4.74 Å². The van der Waals surface area contributed by atoms with Gasteiger partial charge in [0.05, 0.1) is 12.7 Å². The molecule has 0 bridgehead atoms. The van der Waals surface area contributed by atoms with Crippen molar-refractivity contribution in [2.45, 2.75) is 39.8 Å². The first-order valence-electron chi connectivity index (χ1n) is 8.23. The van der Waals surface area contributed by atoms with E-state index in [1.165, 1.54) is 25.3 Å². The first kappa shape index (κ1) is 21.7. The molecule has 0 fully saturated rings. The van der Waals surface area contributed by atoms with Crippen LogP contribution in [0, 0.1) is 5.82 Å². The molecular weight excluding hydrogens is 348 g/mol. The number of hydrogen-bond acceptors (Lipinski definition) is 2. The minimum atomic E-state index is -4.55. The molecule has 2 aromatic rings. The third-order valence-corrected chi connectivity index (χ3v) is 3.74. The number of benzene rings is 2. The third-order valence-electron chi connectivity index (χ3n) is 3.74. The van der Waals surface area contributed by atoms with E-state index in [-0.39, 0.29) is 22.8 Å². The number of aldehydes is 1. The molecule has 2 aromatic carbocycles. The molecule has 0 saturated heterocycles. The summed E-state index contributed by atoms with van der Waals surface area (Å²) < 4.78 is 57.7. The number of halogens is 4. The molecule has 2 rings (SSSR count). The molecule has 2 nitrogen and oxygen atoms in total. The Morgan fingerprint density at radius 3 is 2.12 bits per heavy atom. The van der Waals surface area contributed by atoms with Gasteiger partial charge in [0.25, 0.3) is 0 Å². The zero-order chi connectivity index (χ0) is 20.1. The molecule has 0 saturated carbocycles. The summed E-state index contributed by atoms with van der Waals surface area (Å²) in [5.41, 5.74) is -0.0272. The molecule has 142 valence electrons. The topological polar surface area (TPSA) is 26.3 Å². The van der Waals surface area contributed by atoms with Crippen LogP contribution in [0.15, 0.2) is 30.3 Å². The molecule has 0 amide bonds. The first-order chi connectivity index (χ1) is 12.2. The summed E-state index contributed by atoms with van der Waals surface area (Å²) in [6.07, 6.45) is -4.20. The molecular formula is C20H22F4O2. The number of carbonyl (C=O) groups is 1. The van der Waals surface area contributed by atoms with Gasteiger partial charge in [-0.15, -0.1) is 0 Å². The Kier molecular flexibility index (Phi) is 7.36. The quantitative estimate of drug-likeness (QED) is 0.455. The van der Waals surface area contributed by atoms with Gasteiger partial charge in [0.2, 0.25) is 0 Å². The van der Waals surface area contributed by atoms with E-state index in [0.29, 0.717) is 17.4 Å². The van der Waals surface area contributed by atoms with E-state index in [9.17, 15) is 22.4 Å². The van der Waals surface area contributed by atoms with Crippen molar-refractivity contribution < 1.29 is 27.1 Å². The van der Waals surface area contributed by atoms with Gasteiger partial charge in [0, 0.05) is 17.2 Å². The maximum atomic E-state index is 14.1. The second-order valence-electron chi connectivity index (χ2n) is 5.65. The third kappa shape index (κ3) is 4.62.